The van der Waals surface area contributed by atoms with E-state index in [1.165, 1.54) is 83.5 Å². The summed E-state index contributed by atoms with van der Waals surface area (Å²) in [4.78, 5) is 13.4. The fourth-order valence-corrected chi connectivity index (χ4v) is 11.7. The minimum atomic E-state index is -1.99. The third-order valence-corrected chi connectivity index (χ3v) is 17.7. The molecule has 3 fully saturated rings. The first kappa shape index (κ1) is 88.1. The van der Waals surface area contributed by atoms with Gasteiger partial charge < -0.3 is 89.9 Å². The number of ether oxygens (including phenoxy) is 6. The topological polar surface area (TPSA) is 307 Å². The van der Waals surface area contributed by atoms with Crippen LogP contribution in [0.4, 0.5) is 0 Å². The molecule has 98 heavy (non-hydrogen) atoms. The summed E-state index contributed by atoms with van der Waals surface area (Å²) in [6.07, 6.45) is 55.6. The minimum absolute atomic E-state index is 0.205. The molecule has 0 aliphatic carbocycles. The first-order chi connectivity index (χ1) is 47.8. The lowest BCUT2D eigenvalue weighted by molar-refractivity contribution is -0.379. The Labute approximate surface area is 588 Å². The zero-order valence-corrected chi connectivity index (χ0v) is 59.5. The summed E-state index contributed by atoms with van der Waals surface area (Å²) in [6, 6.07) is -0.998. The lowest BCUT2D eigenvalue weighted by atomic mass is 9.96. The molecule has 0 bridgehead atoms. The van der Waals surface area contributed by atoms with Crippen LogP contribution in [-0.4, -0.2) is 193 Å². The number of allylic oxidation sites excluding steroid dienone is 21. The molecule has 0 aromatic rings. The van der Waals surface area contributed by atoms with Crippen molar-refractivity contribution in [3.63, 3.8) is 0 Å². The summed E-state index contributed by atoms with van der Waals surface area (Å²) in [7, 11) is 0. The van der Waals surface area contributed by atoms with Crippen LogP contribution in [0.5, 0.6) is 0 Å². The van der Waals surface area contributed by atoms with Gasteiger partial charge >= 0.3 is 0 Å². The van der Waals surface area contributed by atoms with Gasteiger partial charge in [-0.05, 0) is 96.3 Å². The van der Waals surface area contributed by atoms with E-state index in [-0.39, 0.29) is 18.9 Å². The van der Waals surface area contributed by atoms with Crippen molar-refractivity contribution in [3.05, 3.63) is 134 Å². The molecule has 3 heterocycles. The number of rotatable bonds is 56. The van der Waals surface area contributed by atoms with Crippen molar-refractivity contribution in [1.29, 1.82) is 0 Å². The Balaban J connectivity index is 1.41. The second-order valence-corrected chi connectivity index (χ2v) is 26.0. The highest BCUT2D eigenvalue weighted by molar-refractivity contribution is 5.76. The average Bonchev–Trinajstić information content (AvgIpc) is 0.785. The summed E-state index contributed by atoms with van der Waals surface area (Å²) in [6.45, 7) is 1.59. The quantitative estimate of drug-likeness (QED) is 0.0199. The molecule has 3 aliphatic rings. The molecule has 0 spiro atoms. The van der Waals surface area contributed by atoms with E-state index in [4.69, 9.17) is 28.4 Å². The Hall–Kier alpha value is -4.07. The molecule has 0 saturated carbocycles. The van der Waals surface area contributed by atoms with E-state index in [0.29, 0.717) is 6.42 Å². The number of carbonyl (C=O) groups is 1. The van der Waals surface area contributed by atoms with E-state index < -0.39 is 124 Å². The van der Waals surface area contributed by atoms with Gasteiger partial charge in [-0.1, -0.05) is 257 Å². The van der Waals surface area contributed by atoms with Crippen molar-refractivity contribution in [3.8, 4) is 0 Å². The summed E-state index contributed by atoms with van der Waals surface area (Å²) in [5.41, 5.74) is 0. The highest BCUT2D eigenvalue weighted by atomic mass is 16.8. The maximum Gasteiger partial charge on any atom is 0.220 e. The van der Waals surface area contributed by atoms with Gasteiger partial charge in [-0.25, -0.2) is 0 Å². The van der Waals surface area contributed by atoms with Crippen molar-refractivity contribution in [2.75, 3.05) is 26.4 Å². The van der Waals surface area contributed by atoms with E-state index in [1.807, 2.05) is 6.08 Å². The van der Waals surface area contributed by atoms with Crippen LogP contribution in [-0.2, 0) is 33.2 Å². The summed E-state index contributed by atoms with van der Waals surface area (Å²) in [5.74, 6) is -0.305. The number of hydrogen-bond donors (Lipinski definition) is 12. The molecular formula is C79H131NO18. The first-order valence-corrected chi connectivity index (χ1v) is 37.4. The van der Waals surface area contributed by atoms with Crippen molar-refractivity contribution in [2.45, 2.75) is 330 Å². The van der Waals surface area contributed by atoms with Crippen LogP contribution >= 0.6 is 0 Å². The van der Waals surface area contributed by atoms with Gasteiger partial charge in [-0.15, -0.1) is 0 Å². The van der Waals surface area contributed by atoms with Crippen LogP contribution < -0.4 is 5.32 Å². The van der Waals surface area contributed by atoms with Gasteiger partial charge in [0, 0.05) is 6.42 Å². The molecule has 19 nitrogen and oxygen atoms in total. The standard InChI is InChI=1S/C79H131NO18/c1-3-5-7-9-11-13-15-17-19-21-23-24-25-26-27-28-29-30-31-32-33-34-35-36-37-38-39-41-43-45-47-49-51-53-55-57-67(85)80-62(63(84)56-54-52-50-48-46-44-42-40-22-20-18-16-14-12-10-8-6-4-2)61-93-77-73(91)70(88)75(65(59-82)95-77)98-79-74(92)71(89)76(66(60-83)96-79)97-78-72(90)69(87)68(86)64(58-81)94-78/h5,7,11,13,17,19,23-24,26-27,29-30,32-33,35-36,38-39,43,45,54,56,62-66,68-79,81-84,86-92H,3-4,6,8-10,12,14-16,18,20-22,25,28,31,34,37,40-42,44,46-53,55,57-61H2,1-2H3,(H,80,85)/b7-5-,13-11-,19-17-,24-23-,27-26-,30-29-,33-32-,36-35-,39-38-,45-43-,56-54+. The predicted octanol–water partition coefficient (Wildman–Crippen LogP) is 11.3. The molecule has 12 N–H and O–H groups in total. The van der Waals surface area contributed by atoms with Gasteiger partial charge in [0.25, 0.3) is 0 Å². The molecule has 17 unspecified atom stereocenters. The molecule has 0 aromatic heterocycles. The maximum atomic E-state index is 13.4. The number of unbranched alkanes of at least 4 members (excludes halogenated alkanes) is 20. The fraction of sp³-hybridized carbons (Fsp3) is 0.709. The molecular weight excluding hydrogens is 1250 g/mol. The van der Waals surface area contributed by atoms with Gasteiger partial charge in [-0.3, -0.25) is 4.79 Å². The van der Waals surface area contributed by atoms with Crippen LogP contribution in [0.3, 0.4) is 0 Å². The van der Waals surface area contributed by atoms with E-state index in [2.05, 4.69) is 141 Å². The van der Waals surface area contributed by atoms with Crippen molar-refractivity contribution in [1.82, 2.24) is 5.32 Å². The fourth-order valence-electron chi connectivity index (χ4n) is 11.7. The second-order valence-electron chi connectivity index (χ2n) is 26.0. The monoisotopic (exact) mass is 1380 g/mol. The van der Waals surface area contributed by atoms with Crippen LogP contribution in [0.25, 0.3) is 0 Å². The minimum Gasteiger partial charge on any atom is -0.394 e. The normalized spacial score (nSPS) is 27.5. The largest absolute Gasteiger partial charge is 0.394 e. The summed E-state index contributed by atoms with van der Waals surface area (Å²) < 4.78 is 34.4. The highest BCUT2D eigenvalue weighted by Crippen LogP contribution is 2.33. The maximum absolute atomic E-state index is 13.4. The molecule has 19 heteroatoms. The molecule has 1 amide bonds. The average molecular weight is 1380 g/mol. The highest BCUT2D eigenvalue weighted by Gasteiger charge is 2.53. The zero-order chi connectivity index (χ0) is 71.1. The Morgan fingerprint density at radius 1 is 0.378 bits per heavy atom. The Morgan fingerprint density at radius 2 is 0.704 bits per heavy atom. The van der Waals surface area contributed by atoms with Crippen LogP contribution in [0.1, 0.15) is 226 Å². The lowest BCUT2D eigenvalue weighted by Gasteiger charge is -2.48. The van der Waals surface area contributed by atoms with Gasteiger partial charge in [-0.2, -0.15) is 0 Å². The number of aliphatic hydroxyl groups excluding tert-OH is 11. The van der Waals surface area contributed by atoms with Crippen LogP contribution in [0.2, 0.25) is 0 Å². The van der Waals surface area contributed by atoms with Gasteiger partial charge in [0.1, 0.15) is 73.2 Å². The molecule has 0 aromatic carbocycles. The van der Waals surface area contributed by atoms with E-state index in [9.17, 15) is 61.0 Å². The molecule has 0 radical (unpaired) electrons. The molecule has 3 saturated heterocycles. The smallest absolute Gasteiger partial charge is 0.220 e. The predicted molar refractivity (Wildman–Crippen MR) is 387 cm³/mol. The van der Waals surface area contributed by atoms with Crippen molar-refractivity contribution in [2.24, 2.45) is 0 Å². The van der Waals surface area contributed by atoms with Gasteiger partial charge in [0.15, 0.2) is 18.9 Å². The summed E-state index contributed by atoms with van der Waals surface area (Å²) in [5, 5.41) is 121. The summed E-state index contributed by atoms with van der Waals surface area (Å²) >= 11 is 0. The number of nitrogens with one attached hydrogen (secondary N) is 1. The first-order valence-electron chi connectivity index (χ1n) is 37.4. The second kappa shape index (κ2) is 58.4. The Kier molecular flexibility index (Phi) is 52.6. The van der Waals surface area contributed by atoms with E-state index in [0.717, 1.165) is 116 Å². The van der Waals surface area contributed by atoms with Gasteiger partial charge in [0.05, 0.1) is 38.6 Å². The SMILES string of the molecule is CC/C=C\C/C=C\C/C=C\C/C=C\C/C=C\C/C=C\C/C=C\C/C=C\C/C=C\C/C=C\CCCCCCC(=O)NC(COC1OC(CO)C(OC2OC(CO)C(OC3OC(CO)C(O)C(O)C3O)C(O)C2O)C(O)C1O)C(O)/C=C/CCCCCCCCCCCCCCCCCC. The number of aliphatic hydroxyl groups is 11. The van der Waals surface area contributed by atoms with Crippen molar-refractivity contribution < 1.29 is 89.4 Å². The van der Waals surface area contributed by atoms with Crippen molar-refractivity contribution >= 4 is 5.91 Å². The molecule has 17 atom stereocenters. The van der Waals surface area contributed by atoms with Crippen LogP contribution in [0.15, 0.2) is 134 Å². The number of carbonyl (C=O) groups excluding carboxylic acids is 1. The Morgan fingerprint density at radius 3 is 1.10 bits per heavy atom. The van der Waals surface area contributed by atoms with E-state index in [1.54, 1.807) is 6.08 Å². The third-order valence-electron chi connectivity index (χ3n) is 17.7. The van der Waals surface area contributed by atoms with Gasteiger partial charge in [0.2, 0.25) is 5.91 Å². The number of amides is 1. The van der Waals surface area contributed by atoms with Crippen LogP contribution in [0, 0.1) is 0 Å². The Bertz CT molecular complexity index is 2290. The molecule has 3 aliphatic heterocycles. The number of hydrogen-bond acceptors (Lipinski definition) is 18. The molecule has 560 valence electrons. The molecule has 3 rings (SSSR count). The third kappa shape index (κ3) is 38.8. The van der Waals surface area contributed by atoms with E-state index >= 15 is 0 Å². The zero-order valence-electron chi connectivity index (χ0n) is 59.5. The lowest BCUT2D eigenvalue weighted by Crippen LogP contribution is -2.66.